The van der Waals surface area contributed by atoms with E-state index in [4.69, 9.17) is 5.73 Å². The molecule has 0 saturated carbocycles. The van der Waals surface area contributed by atoms with Crippen LogP contribution in [-0.2, 0) is 16.1 Å². The number of carbonyl (C=O) groups is 2. The number of amides is 2. The lowest BCUT2D eigenvalue weighted by Crippen LogP contribution is -2.47. The molecular formula is C16H25BrClN3O2. The number of carbonyl (C=O) groups excluding carboxylic acids is 2. The summed E-state index contributed by atoms with van der Waals surface area (Å²) in [4.78, 5) is 25.7. The second-order valence-electron chi connectivity index (χ2n) is 5.53. The fourth-order valence-corrected chi connectivity index (χ4v) is 2.37. The number of likely N-dealkylation sites (N-methyl/N-ethyl adjacent to an activating group) is 1. The number of hydrogen-bond donors (Lipinski definition) is 2. The second kappa shape index (κ2) is 10.6. The van der Waals surface area contributed by atoms with Gasteiger partial charge in [-0.25, -0.2) is 0 Å². The van der Waals surface area contributed by atoms with Crippen molar-refractivity contribution in [3.8, 4) is 0 Å². The number of halogens is 2. The van der Waals surface area contributed by atoms with E-state index in [0.29, 0.717) is 13.1 Å². The summed E-state index contributed by atoms with van der Waals surface area (Å²) in [6, 6.07) is 7.22. The summed E-state index contributed by atoms with van der Waals surface area (Å²) in [5.41, 5.74) is 6.79. The molecule has 1 aromatic rings. The van der Waals surface area contributed by atoms with E-state index in [1.54, 1.807) is 4.90 Å². The molecule has 23 heavy (non-hydrogen) atoms. The van der Waals surface area contributed by atoms with Crippen LogP contribution in [0.2, 0.25) is 0 Å². The molecule has 0 saturated heterocycles. The van der Waals surface area contributed by atoms with Gasteiger partial charge >= 0.3 is 0 Å². The average Bonchev–Trinajstić information content (AvgIpc) is 2.49. The van der Waals surface area contributed by atoms with Crippen molar-refractivity contribution in [3.05, 3.63) is 34.3 Å². The van der Waals surface area contributed by atoms with E-state index in [9.17, 15) is 9.59 Å². The summed E-state index contributed by atoms with van der Waals surface area (Å²) < 4.78 is 0.977. The topological polar surface area (TPSA) is 75.4 Å². The van der Waals surface area contributed by atoms with Crippen LogP contribution in [0.25, 0.3) is 0 Å². The van der Waals surface area contributed by atoms with Crippen molar-refractivity contribution in [2.24, 2.45) is 11.7 Å². The van der Waals surface area contributed by atoms with Crippen LogP contribution in [0.4, 0.5) is 0 Å². The minimum absolute atomic E-state index is 0. The summed E-state index contributed by atoms with van der Waals surface area (Å²) in [6.07, 6.45) is 0. The van der Waals surface area contributed by atoms with E-state index in [1.807, 2.05) is 45.0 Å². The maximum Gasteiger partial charge on any atom is 0.242 e. The van der Waals surface area contributed by atoms with E-state index in [0.717, 1.165) is 10.0 Å². The lowest BCUT2D eigenvalue weighted by atomic mass is 10.1. The van der Waals surface area contributed by atoms with E-state index in [2.05, 4.69) is 21.2 Å². The summed E-state index contributed by atoms with van der Waals surface area (Å²) in [5.74, 6) is -0.368. The molecular weight excluding hydrogens is 382 g/mol. The van der Waals surface area contributed by atoms with Gasteiger partial charge in [-0.05, 0) is 30.5 Å². The van der Waals surface area contributed by atoms with E-state index in [-0.39, 0.29) is 36.7 Å². The number of nitrogens with one attached hydrogen (secondary N) is 1. The van der Waals surface area contributed by atoms with Crippen LogP contribution in [0.1, 0.15) is 26.3 Å². The molecule has 3 N–H and O–H groups in total. The molecule has 1 atom stereocenters. The van der Waals surface area contributed by atoms with Gasteiger partial charge in [-0.2, -0.15) is 0 Å². The molecule has 0 bridgehead atoms. The first kappa shape index (κ1) is 21.9. The third-order valence-corrected chi connectivity index (χ3v) is 3.92. The van der Waals surface area contributed by atoms with Crippen LogP contribution in [-0.4, -0.2) is 35.8 Å². The molecule has 0 heterocycles. The summed E-state index contributed by atoms with van der Waals surface area (Å²) in [6.45, 7) is 6.73. The van der Waals surface area contributed by atoms with Crippen molar-refractivity contribution in [3.63, 3.8) is 0 Å². The monoisotopic (exact) mass is 405 g/mol. The van der Waals surface area contributed by atoms with Crippen LogP contribution in [0.3, 0.4) is 0 Å². The Morgan fingerprint density at radius 2 is 2.00 bits per heavy atom. The van der Waals surface area contributed by atoms with Gasteiger partial charge in [-0.1, -0.05) is 41.9 Å². The zero-order chi connectivity index (χ0) is 16.7. The third-order valence-electron chi connectivity index (χ3n) is 3.43. The standard InChI is InChI=1S/C16H24BrN3O2.ClH/c1-4-20(10-12-6-5-7-13(17)8-12)14(21)9-19-16(22)15(18)11(2)3;/h5-8,11,15H,4,9-10,18H2,1-3H3,(H,19,22);1H/t15-;/m0./s1. The molecule has 7 heteroatoms. The Morgan fingerprint density at radius 1 is 1.35 bits per heavy atom. The molecule has 1 aromatic carbocycles. The molecule has 0 unspecified atom stereocenters. The Balaban J connectivity index is 0.00000484. The fourth-order valence-electron chi connectivity index (χ4n) is 1.93. The van der Waals surface area contributed by atoms with Crippen molar-refractivity contribution in [1.29, 1.82) is 0 Å². The highest BCUT2D eigenvalue weighted by Gasteiger charge is 2.19. The van der Waals surface area contributed by atoms with Crippen molar-refractivity contribution < 1.29 is 9.59 Å². The first-order valence-corrected chi connectivity index (χ1v) is 8.20. The zero-order valence-corrected chi connectivity index (χ0v) is 16.1. The highest BCUT2D eigenvalue weighted by molar-refractivity contribution is 9.10. The zero-order valence-electron chi connectivity index (χ0n) is 13.7. The number of hydrogen-bond acceptors (Lipinski definition) is 3. The highest BCUT2D eigenvalue weighted by atomic mass is 79.9. The van der Waals surface area contributed by atoms with Crippen LogP contribution in [0.15, 0.2) is 28.7 Å². The largest absolute Gasteiger partial charge is 0.346 e. The smallest absolute Gasteiger partial charge is 0.242 e. The number of nitrogens with two attached hydrogens (primary N) is 1. The van der Waals surface area contributed by atoms with Crippen molar-refractivity contribution in [2.75, 3.05) is 13.1 Å². The predicted octanol–water partition coefficient (Wildman–Crippen LogP) is 2.32. The Kier molecular flexibility index (Phi) is 10.1. The minimum atomic E-state index is -0.590. The molecule has 5 nitrogen and oxygen atoms in total. The molecule has 0 aliphatic heterocycles. The number of rotatable bonds is 7. The Hall–Kier alpha value is -1.11. The van der Waals surface area contributed by atoms with Crippen LogP contribution < -0.4 is 11.1 Å². The highest BCUT2D eigenvalue weighted by Crippen LogP contribution is 2.13. The van der Waals surface area contributed by atoms with Crippen molar-refractivity contribution >= 4 is 40.2 Å². The Labute approximate surface area is 152 Å². The molecule has 0 aliphatic rings. The lowest BCUT2D eigenvalue weighted by molar-refractivity contribution is -0.133. The molecule has 0 aromatic heterocycles. The van der Waals surface area contributed by atoms with Gasteiger partial charge in [0.15, 0.2) is 0 Å². The Morgan fingerprint density at radius 3 is 2.52 bits per heavy atom. The molecule has 0 spiro atoms. The second-order valence-corrected chi connectivity index (χ2v) is 6.44. The maximum absolute atomic E-state index is 12.2. The van der Waals surface area contributed by atoms with Crippen molar-refractivity contribution in [2.45, 2.75) is 33.4 Å². The molecule has 0 radical (unpaired) electrons. The molecule has 0 fully saturated rings. The van der Waals surface area contributed by atoms with Crippen LogP contribution in [0.5, 0.6) is 0 Å². The number of benzene rings is 1. The van der Waals surface area contributed by atoms with Crippen molar-refractivity contribution in [1.82, 2.24) is 10.2 Å². The van der Waals surface area contributed by atoms with Gasteiger partial charge in [0.25, 0.3) is 0 Å². The van der Waals surface area contributed by atoms with Crippen LogP contribution >= 0.6 is 28.3 Å². The minimum Gasteiger partial charge on any atom is -0.346 e. The van der Waals surface area contributed by atoms with Gasteiger partial charge in [0.1, 0.15) is 0 Å². The normalized spacial score (nSPS) is 11.6. The predicted molar refractivity (Wildman–Crippen MR) is 98.3 cm³/mol. The number of nitrogens with zero attached hydrogens (tertiary/aromatic N) is 1. The van der Waals surface area contributed by atoms with E-state index in [1.165, 1.54) is 0 Å². The lowest BCUT2D eigenvalue weighted by Gasteiger charge is -2.22. The van der Waals surface area contributed by atoms with E-state index >= 15 is 0 Å². The van der Waals surface area contributed by atoms with Gasteiger partial charge in [0.2, 0.25) is 11.8 Å². The molecule has 0 aliphatic carbocycles. The summed E-state index contributed by atoms with van der Waals surface area (Å²) in [5, 5.41) is 2.61. The summed E-state index contributed by atoms with van der Waals surface area (Å²) in [7, 11) is 0. The van der Waals surface area contributed by atoms with E-state index < -0.39 is 6.04 Å². The third kappa shape index (κ3) is 7.33. The first-order valence-electron chi connectivity index (χ1n) is 7.40. The van der Waals surface area contributed by atoms with Gasteiger partial charge in [-0.15, -0.1) is 12.4 Å². The quantitative estimate of drug-likeness (QED) is 0.729. The maximum atomic E-state index is 12.2. The van der Waals surface area contributed by atoms with Gasteiger partial charge in [0.05, 0.1) is 12.6 Å². The molecule has 130 valence electrons. The first-order chi connectivity index (χ1) is 10.3. The summed E-state index contributed by atoms with van der Waals surface area (Å²) >= 11 is 3.42. The SMILES string of the molecule is CCN(Cc1cccc(Br)c1)C(=O)CNC(=O)[C@@H](N)C(C)C.Cl. The fraction of sp³-hybridized carbons (Fsp3) is 0.500. The van der Waals surface area contributed by atoms with Gasteiger partial charge in [-0.3, -0.25) is 9.59 Å². The molecule has 1 rings (SSSR count). The molecule has 2 amide bonds. The average molecular weight is 407 g/mol. The Bertz CT molecular complexity index is 526. The van der Waals surface area contributed by atoms with Gasteiger partial charge < -0.3 is 16.0 Å². The van der Waals surface area contributed by atoms with Gasteiger partial charge in [0, 0.05) is 17.6 Å². The van der Waals surface area contributed by atoms with Crippen LogP contribution in [0, 0.1) is 5.92 Å².